The maximum absolute atomic E-state index is 12.0. The van der Waals surface area contributed by atoms with Gasteiger partial charge in [0.05, 0.1) is 5.56 Å². The molecular formula is C21H26N2O3S. The number of benzene rings is 1. The summed E-state index contributed by atoms with van der Waals surface area (Å²) < 4.78 is 5.99. The second kappa shape index (κ2) is 6.93. The number of hydrogen-bond acceptors (Lipinski definition) is 5. The number of nitrogens with two attached hydrogens (primary N) is 1. The molecule has 6 heteroatoms. The topological polar surface area (TPSA) is 75.8 Å². The van der Waals surface area contributed by atoms with Gasteiger partial charge in [-0.05, 0) is 66.5 Å². The molecule has 2 heterocycles. The summed E-state index contributed by atoms with van der Waals surface area (Å²) in [4.78, 5) is 14.1. The number of nitrogens with zero attached hydrogens (tertiary/aromatic N) is 1. The van der Waals surface area contributed by atoms with Crippen molar-refractivity contribution in [3.8, 4) is 16.2 Å². The molecule has 0 spiro atoms. The van der Waals surface area contributed by atoms with Crippen molar-refractivity contribution < 1.29 is 14.6 Å². The summed E-state index contributed by atoms with van der Waals surface area (Å²) in [6.45, 7) is 6.02. The second-order valence-corrected chi connectivity index (χ2v) is 9.51. The first-order chi connectivity index (χ1) is 12.8. The summed E-state index contributed by atoms with van der Waals surface area (Å²) in [7, 11) is 0. The zero-order valence-electron chi connectivity index (χ0n) is 15.8. The highest BCUT2D eigenvalue weighted by Gasteiger charge is 2.33. The first-order valence-corrected chi connectivity index (χ1v) is 10.3. The van der Waals surface area contributed by atoms with Crippen LogP contribution in [0.15, 0.2) is 24.3 Å². The lowest BCUT2D eigenvalue weighted by Crippen LogP contribution is -2.30. The number of ether oxygens (including phenoxy) is 1. The third-order valence-corrected chi connectivity index (χ3v) is 6.93. The monoisotopic (exact) mass is 386 g/mol. The second-order valence-electron chi connectivity index (χ2n) is 8.40. The average molecular weight is 387 g/mol. The van der Waals surface area contributed by atoms with Crippen LogP contribution >= 0.6 is 11.3 Å². The third-order valence-electron chi connectivity index (χ3n) is 5.58. The maximum Gasteiger partial charge on any atom is 0.337 e. The van der Waals surface area contributed by atoms with Crippen molar-refractivity contribution in [2.24, 2.45) is 11.3 Å². The molecule has 1 atom stereocenters. The van der Waals surface area contributed by atoms with Crippen LogP contribution in [0.4, 0.5) is 0 Å². The molecule has 27 heavy (non-hydrogen) atoms. The SMILES string of the molecule is CC1(C)CCc2sc(-c3ccc(O[C@@H]4CCN(N)C4)cc3)c(C(=O)O)c2C1. The van der Waals surface area contributed by atoms with Crippen molar-refractivity contribution in [3.05, 3.63) is 40.3 Å². The fraction of sp³-hybridized carbons (Fsp3) is 0.476. The number of carbonyl (C=O) groups is 1. The number of rotatable bonds is 4. The smallest absolute Gasteiger partial charge is 0.337 e. The summed E-state index contributed by atoms with van der Waals surface area (Å²) in [6, 6.07) is 7.81. The van der Waals surface area contributed by atoms with E-state index in [1.807, 2.05) is 24.3 Å². The highest BCUT2D eigenvalue weighted by molar-refractivity contribution is 7.16. The van der Waals surface area contributed by atoms with E-state index < -0.39 is 5.97 Å². The van der Waals surface area contributed by atoms with Gasteiger partial charge in [-0.1, -0.05) is 13.8 Å². The van der Waals surface area contributed by atoms with Gasteiger partial charge in [0, 0.05) is 22.8 Å². The normalized spacial score (nSPS) is 21.8. The summed E-state index contributed by atoms with van der Waals surface area (Å²) in [5.41, 5.74) is 2.63. The Morgan fingerprint density at radius 2 is 2.07 bits per heavy atom. The minimum absolute atomic E-state index is 0.117. The summed E-state index contributed by atoms with van der Waals surface area (Å²) in [5.74, 6) is 5.77. The Bertz CT molecular complexity index is 857. The number of thiophene rings is 1. The van der Waals surface area contributed by atoms with E-state index in [-0.39, 0.29) is 11.5 Å². The lowest BCUT2D eigenvalue weighted by atomic mass is 9.76. The van der Waals surface area contributed by atoms with Crippen LogP contribution < -0.4 is 10.6 Å². The molecule has 1 aliphatic heterocycles. The molecule has 0 radical (unpaired) electrons. The quantitative estimate of drug-likeness (QED) is 0.778. The van der Waals surface area contributed by atoms with Crippen molar-refractivity contribution in [2.75, 3.05) is 13.1 Å². The van der Waals surface area contributed by atoms with Crippen molar-refractivity contribution in [3.63, 3.8) is 0 Å². The molecule has 0 amide bonds. The molecule has 1 aromatic heterocycles. The van der Waals surface area contributed by atoms with Gasteiger partial charge in [-0.2, -0.15) is 0 Å². The first-order valence-electron chi connectivity index (χ1n) is 9.47. The third kappa shape index (κ3) is 3.74. The van der Waals surface area contributed by atoms with E-state index in [1.165, 1.54) is 4.88 Å². The fourth-order valence-corrected chi connectivity index (χ4v) is 5.39. The highest BCUT2D eigenvalue weighted by Crippen LogP contribution is 2.45. The van der Waals surface area contributed by atoms with E-state index in [1.54, 1.807) is 16.3 Å². The maximum atomic E-state index is 12.0. The number of hydrogen-bond donors (Lipinski definition) is 2. The van der Waals surface area contributed by atoms with Crippen LogP contribution in [0.1, 0.15) is 47.5 Å². The molecule has 0 unspecified atom stereocenters. The minimum atomic E-state index is -0.825. The number of aryl methyl sites for hydroxylation is 1. The molecule has 2 aliphatic rings. The van der Waals surface area contributed by atoms with Gasteiger partial charge in [0.1, 0.15) is 11.9 Å². The van der Waals surface area contributed by atoms with Crippen molar-refractivity contribution in [2.45, 2.75) is 45.6 Å². The Hall–Kier alpha value is -1.89. The van der Waals surface area contributed by atoms with Gasteiger partial charge in [0.25, 0.3) is 0 Å². The molecule has 0 bridgehead atoms. The predicted octanol–water partition coefficient (Wildman–Crippen LogP) is 3.96. The molecule has 3 N–H and O–H groups in total. The average Bonchev–Trinajstić information content (AvgIpc) is 3.17. The zero-order valence-corrected chi connectivity index (χ0v) is 16.6. The van der Waals surface area contributed by atoms with Gasteiger partial charge in [-0.25, -0.2) is 9.80 Å². The van der Waals surface area contributed by atoms with Crippen LogP contribution in [-0.4, -0.2) is 35.3 Å². The molecular weight excluding hydrogens is 360 g/mol. The van der Waals surface area contributed by atoms with Crippen LogP contribution in [-0.2, 0) is 12.8 Å². The fourth-order valence-electron chi connectivity index (χ4n) is 4.08. The van der Waals surface area contributed by atoms with E-state index in [2.05, 4.69) is 13.8 Å². The molecule has 0 saturated carbocycles. The van der Waals surface area contributed by atoms with Crippen LogP contribution in [0.5, 0.6) is 5.75 Å². The van der Waals surface area contributed by atoms with E-state index in [0.717, 1.165) is 60.5 Å². The van der Waals surface area contributed by atoms with Gasteiger partial charge in [-0.3, -0.25) is 5.84 Å². The zero-order chi connectivity index (χ0) is 19.2. The van der Waals surface area contributed by atoms with E-state index in [9.17, 15) is 9.90 Å². The number of carboxylic acid groups (broad SMARTS) is 1. The molecule has 1 aromatic carbocycles. The van der Waals surface area contributed by atoms with Gasteiger partial charge >= 0.3 is 5.97 Å². The number of carboxylic acids is 1. The molecule has 1 saturated heterocycles. The van der Waals surface area contributed by atoms with E-state index >= 15 is 0 Å². The largest absolute Gasteiger partial charge is 0.489 e. The molecule has 1 aliphatic carbocycles. The van der Waals surface area contributed by atoms with E-state index in [0.29, 0.717) is 5.56 Å². The lowest BCUT2D eigenvalue weighted by molar-refractivity contribution is 0.0696. The van der Waals surface area contributed by atoms with Gasteiger partial charge < -0.3 is 9.84 Å². The summed E-state index contributed by atoms with van der Waals surface area (Å²) >= 11 is 1.64. The van der Waals surface area contributed by atoms with Gasteiger partial charge in [-0.15, -0.1) is 11.3 Å². The number of aromatic carboxylic acids is 1. The summed E-state index contributed by atoms with van der Waals surface area (Å²) in [6.07, 6.45) is 3.94. The molecule has 2 aromatic rings. The van der Waals surface area contributed by atoms with Gasteiger partial charge in [0.15, 0.2) is 0 Å². The Morgan fingerprint density at radius 3 is 2.70 bits per heavy atom. The minimum Gasteiger partial charge on any atom is -0.489 e. The van der Waals surface area contributed by atoms with Crippen LogP contribution in [0.25, 0.3) is 10.4 Å². The van der Waals surface area contributed by atoms with Crippen molar-refractivity contribution in [1.82, 2.24) is 5.01 Å². The number of hydrazine groups is 1. The standard InChI is InChI=1S/C21H26N2O3S/c1-21(2)9-7-17-16(11-21)18(20(24)25)19(27-17)13-3-5-14(6-4-13)26-15-8-10-23(22)12-15/h3-6,15H,7-12,22H2,1-2H3,(H,24,25)/t15-/m1/s1. The Balaban J connectivity index is 1.62. The van der Waals surface area contributed by atoms with Crippen molar-refractivity contribution in [1.29, 1.82) is 0 Å². The van der Waals surface area contributed by atoms with Crippen LogP contribution in [0, 0.1) is 5.41 Å². The van der Waals surface area contributed by atoms with Gasteiger partial charge in [0.2, 0.25) is 0 Å². The first kappa shape index (κ1) is 18.5. The number of fused-ring (bicyclic) bond motifs is 1. The Morgan fingerprint density at radius 1 is 1.33 bits per heavy atom. The Kier molecular flexibility index (Phi) is 4.74. The van der Waals surface area contributed by atoms with Crippen molar-refractivity contribution >= 4 is 17.3 Å². The molecule has 144 valence electrons. The predicted molar refractivity (Wildman–Crippen MR) is 107 cm³/mol. The molecule has 4 rings (SSSR count). The lowest BCUT2D eigenvalue weighted by Gasteiger charge is -2.29. The Labute approximate surface area is 163 Å². The van der Waals surface area contributed by atoms with Crippen LogP contribution in [0.3, 0.4) is 0 Å². The van der Waals surface area contributed by atoms with E-state index in [4.69, 9.17) is 10.6 Å². The highest BCUT2D eigenvalue weighted by atomic mass is 32.1. The van der Waals surface area contributed by atoms with Crippen LogP contribution in [0.2, 0.25) is 0 Å². The molecule has 5 nitrogen and oxygen atoms in total. The molecule has 1 fully saturated rings. The summed E-state index contributed by atoms with van der Waals surface area (Å²) in [5, 5.41) is 11.7.